The van der Waals surface area contributed by atoms with Crippen LogP contribution < -0.4 is 5.32 Å². The molecule has 0 saturated heterocycles. The third kappa shape index (κ3) is 3.18. The summed E-state index contributed by atoms with van der Waals surface area (Å²) in [5.74, 6) is 0.642. The van der Waals surface area contributed by atoms with Gasteiger partial charge in [0.15, 0.2) is 0 Å². The van der Waals surface area contributed by atoms with Crippen molar-refractivity contribution in [3.05, 3.63) is 0 Å². The van der Waals surface area contributed by atoms with Gasteiger partial charge in [-0.25, -0.2) is 0 Å². The van der Waals surface area contributed by atoms with Crippen LogP contribution in [0.25, 0.3) is 0 Å². The van der Waals surface area contributed by atoms with E-state index in [1.165, 1.54) is 12.8 Å². The highest BCUT2D eigenvalue weighted by molar-refractivity contribution is 5.02. The van der Waals surface area contributed by atoms with Crippen molar-refractivity contribution in [2.75, 3.05) is 13.2 Å². The van der Waals surface area contributed by atoms with E-state index in [4.69, 9.17) is 4.74 Å². The van der Waals surface area contributed by atoms with E-state index in [1.807, 2.05) is 0 Å². The molecular formula is C13H27NO. The second-order valence-corrected chi connectivity index (χ2v) is 5.78. The van der Waals surface area contributed by atoms with Crippen LogP contribution in [0.4, 0.5) is 0 Å². The molecule has 0 aromatic heterocycles. The van der Waals surface area contributed by atoms with Crippen molar-refractivity contribution < 1.29 is 4.74 Å². The van der Waals surface area contributed by atoms with E-state index < -0.39 is 0 Å². The number of rotatable bonds is 6. The van der Waals surface area contributed by atoms with Crippen molar-refractivity contribution in [2.45, 2.75) is 59.6 Å². The standard InChI is InChI=1S/C13H27NO/c1-6-7-14-11-8-12(13(11,4)5)15-9-10(2)3/h10-12,14H,6-9H2,1-5H3. The first-order valence-electron chi connectivity index (χ1n) is 6.33. The fourth-order valence-corrected chi connectivity index (χ4v) is 2.14. The lowest BCUT2D eigenvalue weighted by atomic mass is 9.64. The Morgan fingerprint density at radius 1 is 1.40 bits per heavy atom. The minimum absolute atomic E-state index is 0.310. The topological polar surface area (TPSA) is 21.3 Å². The van der Waals surface area contributed by atoms with Gasteiger partial charge < -0.3 is 10.1 Å². The lowest BCUT2D eigenvalue weighted by Gasteiger charge is -2.52. The van der Waals surface area contributed by atoms with Gasteiger partial charge in [0, 0.05) is 18.1 Å². The largest absolute Gasteiger partial charge is 0.377 e. The van der Waals surface area contributed by atoms with Gasteiger partial charge in [0.2, 0.25) is 0 Å². The maximum absolute atomic E-state index is 5.92. The average molecular weight is 213 g/mol. The molecule has 90 valence electrons. The smallest absolute Gasteiger partial charge is 0.0656 e. The van der Waals surface area contributed by atoms with Crippen LogP contribution in [0.2, 0.25) is 0 Å². The lowest BCUT2D eigenvalue weighted by molar-refractivity contribution is -0.123. The van der Waals surface area contributed by atoms with E-state index in [9.17, 15) is 0 Å². The molecule has 0 aromatic rings. The normalized spacial score (nSPS) is 29.2. The van der Waals surface area contributed by atoms with E-state index in [-0.39, 0.29) is 0 Å². The molecule has 2 unspecified atom stereocenters. The van der Waals surface area contributed by atoms with Gasteiger partial charge >= 0.3 is 0 Å². The quantitative estimate of drug-likeness (QED) is 0.732. The molecular weight excluding hydrogens is 186 g/mol. The molecule has 15 heavy (non-hydrogen) atoms. The first-order valence-corrected chi connectivity index (χ1v) is 6.33. The molecule has 1 fully saturated rings. The van der Waals surface area contributed by atoms with Gasteiger partial charge in [0.25, 0.3) is 0 Å². The molecule has 0 radical (unpaired) electrons. The minimum Gasteiger partial charge on any atom is -0.377 e. The van der Waals surface area contributed by atoms with Crippen LogP contribution in [-0.4, -0.2) is 25.3 Å². The van der Waals surface area contributed by atoms with Gasteiger partial charge in [-0.15, -0.1) is 0 Å². The summed E-state index contributed by atoms with van der Waals surface area (Å²) >= 11 is 0. The Morgan fingerprint density at radius 3 is 2.53 bits per heavy atom. The summed E-state index contributed by atoms with van der Waals surface area (Å²) in [5, 5.41) is 3.60. The second-order valence-electron chi connectivity index (χ2n) is 5.78. The molecule has 1 aliphatic carbocycles. The van der Waals surface area contributed by atoms with Crippen LogP contribution in [-0.2, 0) is 4.74 Å². The van der Waals surface area contributed by atoms with Crippen molar-refractivity contribution in [2.24, 2.45) is 11.3 Å². The zero-order chi connectivity index (χ0) is 11.5. The highest BCUT2D eigenvalue weighted by Crippen LogP contribution is 2.42. The summed E-state index contributed by atoms with van der Waals surface area (Å²) in [4.78, 5) is 0. The Labute approximate surface area is 94.8 Å². The minimum atomic E-state index is 0.310. The second kappa shape index (κ2) is 5.31. The van der Waals surface area contributed by atoms with Crippen LogP contribution >= 0.6 is 0 Å². The van der Waals surface area contributed by atoms with Gasteiger partial charge in [0.05, 0.1) is 6.10 Å². The van der Waals surface area contributed by atoms with Gasteiger partial charge in [-0.2, -0.15) is 0 Å². The predicted octanol–water partition coefficient (Wildman–Crippen LogP) is 2.83. The Kier molecular flexibility index (Phi) is 4.60. The third-order valence-corrected chi connectivity index (χ3v) is 3.45. The van der Waals surface area contributed by atoms with Gasteiger partial charge in [0.1, 0.15) is 0 Å². The Morgan fingerprint density at radius 2 is 2.07 bits per heavy atom. The van der Waals surface area contributed by atoms with Crippen molar-refractivity contribution in [1.29, 1.82) is 0 Å². The first kappa shape index (κ1) is 13.0. The number of hydrogen-bond acceptors (Lipinski definition) is 2. The summed E-state index contributed by atoms with van der Waals surface area (Å²) in [7, 11) is 0. The van der Waals surface area contributed by atoms with E-state index in [2.05, 4.69) is 39.9 Å². The van der Waals surface area contributed by atoms with Gasteiger partial charge in [-0.05, 0) is 25.3 Å². The van der Waals surface area contributed by atoms with Crippen molar-refractivity contribution in [3.8, 4) is 0 Å². The zero-order valence-corrected chi connectivity index (χ0v) is 11.0. The summed E-state index contributed by atoms with van der Waals surface area (Å²) in [6, 6.07) is 0.648. The fraction of sp³-hybridized carbons (Fsp3) is 1.00. The summed E-state index contributed by atoms with van der Waals surface area (Å²) < 4.78 is 5.92. The van der Waals surface area contributed by atoms with Crippen LogP contribution in [0.5, 0.6) is 0 Å². The van der Waals surface area contributed by atoms with E-state index in [0.29, 0.717) is 23.5 Å². The fourth-order valence-electron chi connectivity index (χ4n) is 2.14. The summed E-state index contributed by atoms with van der Waals surface area (Å²) in [5.41, 5.74) is 0.310. The summed E-state index contributed by atoms with van der Waals surface area (Å²) in [6.07, 6.45) is 2.85. The third-order valence-electron chi connectivity index (χ3n) is 3.45. The Bertz CT molecular complexity index is 189. The number of ether oxygens (including phenoxy) is 1. The van der Waals surface area contributed by atoms with E-state index in [1.54, 1.807) is 0 Å². The Hall–Kier alpha value is -0.0800. The van der Waals surface area contributed by atoms with E-state index >= 15 is 0 Å². The average Bonchev–Trinajstić information content (AvgIpc) is 2.15. The van der Waals surface area contributed by atoms with Gasteiger partial charge in [-0.1, -0.05) is 34.6 Å². The molecule has 0 aliphatic heterocycles. The van der Waals surface area contributed by atoms with E-state index in [0.717, 1.165) is 13.2 Å². The molecule has 2 nitrogen and oxygen atoms in total. The van der Waals surface area contributed by atoms with Crippen molar-refractivity contribution >= 4 is 0 Å². The maximum Gasteiger partial charge on any atom is 0.0656 e. The molecule has 0 bridgehead atoms. The molecule has 0 spiro atoms. The summed E-state index contributed by atoms with van der Waals surface area (Å²) in [6.45, 7) is 13.3. The first-order chi connectivity index (χ1) is 6.98. The highest BCUT2D eigenvalue weighted by Gasteiger charge is 2.48. The molecule has 0 amide bonds. The lowest BCUT2D eigenvalue weighted by Crippen LogP contribution is -2.61. The van der Waals surface area contributed by atoms with Crippen molar-refractivity contribution in [3.63, 3.8) is 0 Å². The number of nitrogens with one attached hydrogen (secondary N) is 1. The molecule has 0 heterocycles. The number of hydrogen-bond donors (Lipinski definition) is 1. The van der Waals surface area contributed by atoms with Crippen LogP contribution in [0.15, 0.2) is 0 Å². The van der Waals surface area contributed by atoms with Crippen LogP contribution in [0, 0.1) is 11.3 Å². The molecule has 1 rings (SSSR count). The predicted molar refractivity (Wildman–Crippen MR) is 65.1 cm³/mol. The molecule has 2 atom stereocenters. The van der Waals surface area contributed by atoms with Gasteiger partial charge in [-0.3, -0.25) is 0 Å². The van der Waals surface area contributed by atoms with Crippen LogP contribution in [0.3, 0.4) is 0 Å². The molecule has 1 N–H and O–H groups in total. The monoisotopic (exact) mass is 213 g/mol. The molecule has 2 heteroatoms. The highest BCUT2D eigenvalue weighted by atomic mass is 16.5. The maximum atomic E-state index is 5.92. The molecule has 1 aliphatic rings. The van der Waals surface area contributed by atoms with Crippen molar-refractivity contribution in [1.82, 2.24) is 5.32 Å². The molecule has 1 saturated carbocycles. The zero-order valence-electron chi connectivity index (χ0n) is 11.0. The van der Waals surface area contributed by atoms with Crippen LogP contribution in [0.1, 0.15) is 47.5 Å². The Balaban J connectivity index is 2.28. The molecule has 0 aromatic carbocycles. The SMILES string of the molecule is CCCNC1CC(OCC(C)C)C1(C)C.